The van der Waals surface area contributed by atoms with Crippen molar-refractivity contribution in [1.82, 2.24) is 15.1 Å². The molecule has 0 aliphatic heterocycles. The van der Waals surface area contributed by atoms with Gasteiger partial charge in [0.1, 0.15) is 0 Å². The molecular formula is C19H18N4O2. The maximum atomic E-state index is 12.4. The van der Waals surface area contributed by atoms with E-state index in [1.54, 1.807) is 24.3 Å². The average molecular weight is 334 g/mol. The second-order valence-electron chi connectivity index (χ2n) is 5.68. The van der Waals surface area contributed by atoms with Crippen molar-refractivity contribution < 1.29 is 9.53 Å². The molecule has 2 aromatic carbocycles. The van der Waals surface area contributed by atoms with Gasteiger partial charge in [-0.2, -0.15) is 0 Å². The third-order valence-electron chi connectivity index (χ3n) is 3.79. The number of benzene rings is 2. The SMILES string of the molecule is Cc1ccc(C(=Nn2nnc(C)c2C)OC(=O)c2ccccc2)cc1. The van der Waals surface area contributed by atoms with Crippen LogP contribution in [0.15, 0.2) is 59.7 Å². The fourth-order valence-corrected chi connectivity index (χ4v) is 2.13. The van der Waals surface area contributed by atoms with Gasteiger partial charge in [-0.1, -0.05) is 35.9 Å². The third-order valence-corrected chi connectivity index (χ3v) is 3.79. The molecule has 0 N–H and O–H groups in total. The van der Waals surface area contributed by atoms with Crippen molar-refractivity contribution in [2.75, 3.05) is 0 Å². The zero-order valence-corrected chi connectivity index (χ0v) is 14.3. The van der Waals surface area contributed by atoms with E-state index < -0.39 is 5.97 Å². The lowest BCUT2D eigenvalue weighted by Gasteiger charge is -2.08. The van der Waals surface area contributed by atoms with Crippen LogP contribution in [-0.2, 0) is 4.74 Å². The van der Waals surface area contributed by atoms with Gasteiger partial charge in [0.25, 0.3) is 0 Å². The highest BCUT2D eigenvalue weighted by molar-refractivity contribution is 6.05. The van der Waals surface area contributed by atoms with Crippen molar-refractivity contribution in [1.29, 1.82) is 0 Å². The van der Waals surface area contributed by atoms with E-state index in [0.717, 1.165) is 17.0 Å². The summed E-state index contributed by atoms with van der Waals surface area (Å²) in [6, 6.07) is 16.4. The van der Waals surface area contributed by atoms with Gasteiger partial charge in [-0.3, -0.25) is 0 Å². The molecule has 0 atom stereocenters. The summed E-state index contributed by atoms with van der Waals surface area (Å²) in [5.74, 6) is -0.309. The van der Waals surface area contributed by atoms with Crippen molar-refractivity contribution >= 4 is 11.9 Å². The lowest BCUT2D eigenvalue weighted by atomic mass is 10.1. The Labute approximate surface area is 145 Å². The molecule has 3 aromatic rings. The van der Waals surface area contributed by atoms with Crippen molar-refractivity contribution in [2.24, 2.45) is 5.10 Å². The molecule has 0 fully saturated rings. The van der Waals surface area contributed by atoms with E-state index in [-0.39, 0.29) is 5.90 Å². The molecule has 126 valence electrons. The van der Waals surface area contributed by atoms with Crippen LogP contribution in [0, 0.1) is 20.8 Å². The van der Waals surface area contributed by atoms with E-state index in [0.29, 0.717) is 11.1 Å². The van der Waals surface area contributed by atoms with Gasteiger partial charge in [0.05, 0.1) is 17.0 Å². The second kappa shape index (κ2) is 7.09. The molecule has 1 aromatic heterocycles. The van der Waals surface area contributed by atoms with E-state index in [9.17, 15) is 4.79 Å². The number of rotatable bonds is 3. The van der Waals surface area contributed by atoms with Crippen molar-refractivity contribution in [3.05, 3.63) is 82.7 Å². The standard InChI is InChI=1S/C19H18N4O2/c1-13-9-11-16(12-10-13)18(21-23-15(3)14(2)20-22-23)25-19(24)17-7-5-4-6-8-17/h4-12H,1-3H3. The van der Waals surface area contributed by atoms with Crippen LogP contribution in [0.5, 0.6) is 0 Å². The molecule has 0 saturated carbocycles. The Morgan fingerprint density at radius 2 is 1.64 bits per heavy atom. The van der Waals surface area contributed by atoms with Crippen LogP contribution in [0.2, 0.25) is 0 Å². The molecule has 0 saturated heterocycles. The van der Waals surface area contributed by atoms with Gasteiger partial charge in [-0.05, 0) is 50.3 Å². The van der Waals surface area contributed by atoms with Crippen LogP contribution in [-0.4, -0.2) is 27.0 Å². The summed E-state index contributed by atoms with van der Waals surface area (Å²) < 4.78 is 5.55. The topological polar surface area (TPSA) is 69.4 Å². The fraction of sp³-hybridized carbons (Fsp3) is 0.158. The highest BCUT2D eigenvalue weighted by Gasteiger charge is 2.15. The summed E-state index contributed by atoms with van der Waals surface area (Å²) in [4.78, 5) is 13.8. The van der Waals surface area contributed by atoms with E-state index in [1.165, 1.54) is 4.79 Å². The van der Waals surface area contributed by atoms with Gasteiger partial charge in [0.15, 0.2) is 0 Å². The number of aromatic nitrogens is 3. The summed E-state index contributed by atoms with van der Waals surface area (Å²) >= 11 is 0. The molecule has 0 spiro atoms. The smallest absolute Gasteiger partial charge is 0.344 e. The molecule has 3 rings (SSSR count). The maximum absolute atomic E-state index is 12.4. The highest BCUT2D eigenvalue weighted by atomic mass is 16.5. The minimum atomic E-state index is -0.477. The minimum absolute atomic E-state index is 0.168. The van der Waals surface area contributed by atoms with Gasteiger partial charge in [0.2, 0.25) is 5.90 Å². The van der Waals surface area contributed by atoms with Crippen LogP contribution < -0.4 is 0 Å². The van der Waals surface area contributed by atoms with Gasteiger partial charge in [0, 0.05) is 5.56 Å². The van der Waals surface area contributed by atoms with E-state index in [4.69, 9.17) is 4.74 Å². The summed E-state index contributed by atoms with van der Waals surface area (Å²) in [5, 5.41) is 12.3. The van der Waals surface area contributed by atoms with Crippen molar-refractivity contribution in [2.45, 2.75) is 20.8 Å². The molecule has 0 aliphatic carbocycles. The number of aryl methyl sites for hydroxylation is 2. The largest absolute Gasteiger partial charge is 0.402 e. The van der Waals surface area contributed by atoms with Crippen LogP contribution in [0.3, 0.4) is 0 Å². The Hall–Kier alpha value is -3.28. The first-order valence-electron chi connectivity index (χ1n) is 7.87. The summed E-state index contributed by atoms with van der Waals surface area (Å²) in [7, 11) is 0. The molecule has 6 heteroatoms. The number of hydrogen-bond donors (Lipinski definition) is 0. The Morgan fingerprint density at radius 1 is 0.960 bits per heavy atom. The molecule has 6 nitrogen and oxygen atoms in total. The fourth-order valence-electron chi connectivity index (χ4n) is 2.13. The first kappa shape index (κ1) is 16.6. The van der Waals surface area contributed by atoms with Crippen LogP contribution in [0.4, 0.5) is 0 Å². The predicted octanol–water partition coefficient (Wildman–Crippen LogP) is 3.27. The lowest BCUT2D eigenvalue weighted by Crippen LogP contribution is -2.16. The van der Waals surface area contributed by atoms with Gasteiger partial charge in [-0.15, -0.1) is 15.0 Å². The normalized spacial score (nSPS) is 11.4. The van der Waals surface area contributed by atoms with Crippen LogP contribution in [0.1, 0.15) is 32.9 Å². The predicted molar refractivity (Wildman–Crippen MR) is 94.5 cm³/mol. The Balaban J connectivity index is 1.98. The maximum Gasteiger partial charge on any atom is 0.344 e. The average Bonchev–Trinajstić information content (AvgIpc) is 2.94. The third kappa shape index (κ3) is 3.80. The lowest BCUT2D eigenvalue weighted by molar-refractivity contribution is 0.0716. The summed E-state index contributed by atoms with van der Waals surface area (Å²) in [6.07, 6.45) is 0. The Bertz CT molecular complexity index is 912. The van der Waals surface area contributed by atoms with E-state index >= 15 is 0 Å². The Kier molecular flexibility index (Phi) is 4.70. The zero-order valence-electron chi connectivity index (χ0n) is 14.3. The molecule has 0 amide bonds. The summed E-state index contributed by atoms with van der Waals surface area (Å²) in [5.41, 5.74) is 3.78. The number of esters is 1. The monoisotopic (exact) mass is 334 g/mol. The zero-order chi connectivity index (χ0) is 17.8. The molecule has 0 unspecified atom stereocenters. The number of ether oxygens (including phenoxy) is 1. The van der Waals surface area contributed by atoms with Crippen LogP contribution >= 0.6 is 0 Å². The summed E-state index contributed by atoms with van der Waals surface area (Å²) in [6.45, 7) is 5.68. The van der Waals surface area contributed by atoms with E-state index in [2.05, 4.69) is 15.4 Å². The minimum Gasteiger partial charge on any atom is -0.402 e. The number of hydrogen-bond acceptors (Lipinski definition) is 5. The molecule has 0 bridgehead atoms. The molecule has 0 radical (unpaired) electrons. The number of carbonyl (C=O) groups is 1. The Morgan fingerprint density at radius 3 is 2.24 bits per heavy atom. The van der Waals surface area contributed by atoms with Gasteiger partial charge in [-0.25, -0.2) is 4.79 Å². The van der Waals surface area contributed by atoms with Gasteiger partial charge < -0.3 is 4.74 Å². The first-order chi connectivity index (χ1) is 12.0. The first-order valence-corrected chi connectivity index (χ1v) is 7.87. The molecule has 25 heavy (non-hydrogen) atoms. The quantitative estimate of drug-likeness (QED) is 0.419. The molecule has 1 heterocycles. The van der Waals surface area contributed by atoms with E-state index in [1.807, 2.05) is 51.1 Å². The highest BCUT2D eigenvalue weighted by Crippen LogP contribution is 2.11. The van der Waals surface area contributed by atoms with Crippen LogP contribution in [0.25, 0.3) is 0 Å². The van der Waals surface area contributed by atoms with Gasteiger partial charge >= 0.3 is 5.97 Å². The molecular weight excluding hydrogens is 316 g/mol. The number of carbonyl (C=O) groups excluding carboxylic acids is 1. The second-order valence-corrected chi connectivity index (χ2v) is 5.68. The van der Waals surface area contributed by atoms with Crippen molar-refractivity contribution in [3.8, 4) is 0 Å². The number of nitrogens with zero attached hydrogens (tertiary/aromatic N) is 4. The van der Waals surface area contributed by atoms with Crippen molar-refractivity contribution in [3.63, 3.8) is 0 Å². The molecule has 0 aliphatic rings.